The molecule has 0 saturated heterocycles. The third-order valence-corrected chi connectivity index (χ3v) is 4.82. The molecule has 0 atom stereocenters. The normalized spacial score (nSPS) is 12.5. The number of hydrogen-bond acceptors (Lipinski definition) is 5. The van der Waals surface area contributed by atoms with Gasteiger partial charge in [0.15, 0.2) is 17.2 Å². The fourth-order valence-corrected chi connectivity index (χ4v) is 3.41. The predicted octanol–water partition coefficient (Wildman–Crippen LogP) is 3.41. The lowest BCUT2D eigenvalue weighted by Gasteiger charge is -2.19. The van der Waals surface area contributed by atoms with E-state index < -0.39 is 5.91 Å². The van der Waals surface area contributed by atoms with E-state index in [2.05, 4.69) is 10.4 Å². The number of carbonyl (C=O) groups excluding carboxylic acids is 1. The van der Waals surface area contributed by atoms with Crippen molar-refractivity contribution in [3.63, 3.8) is 0 Å². The van der Waals surface area contributed by atoms with Crippen LogP contribution in [0.2, 0.25) is 0 Å². The van der Waals surface area contributed by atoms with Crippen LogP contribution in [-0.4, -0.2) is 28.9 Å². The second kappa shape index (κ2) is 7.36. The first-order chi connectivity index (χ1) is 14.7. The zero-order chi connectivity index (χ0) is 20.5. The number of benzene rings is 3. The van der Waals surface area contributed by atoms with Crippen molar-refractivity contribution in [2.75, 3.05) is 18.5 Å². The van der Waals surface area contributed by atoms with Crippen LogP contribution >= 0.6 is 0 Å². The van der Waals surface area contributed by atoms with E-state index in [1.807, 2.05) is 18.2 Å². The number of hydrogen-bond donors (Lipinski definition) is 1. The van der Waals surface area contributed by atoms with Gasteiger partial charge in [-0.3, -0.25) is 9.59 Å². The van der Waals surface area contributed by atoms with Crippen LogP contribution < -0.4 is 20.3 Å². The first kappa shape index (κ1) is 17.9. The number of anilines is 1. The highest BCUT2D eigenvalue weighted by Gasteiger charge is 2.19. The first-order valence-corrected chi connectivity index (χ1v) is 9.49. The topological polar surface area (TPSA) is 82.4 Å². The Morgan fingerprint density at radius 1 is 0.867 bits per heavy atom. The molecular weight excluding hydrogens is 382 g/mol. The van der Waals surface area contributed by atoms with E-state index in [-0.39, 0.29) is 11.3 Å². The minimum absolute atomic E-state index is 0.156. The summed E-state index contributed by atoms with van der Waals surface area (Å²) in [5.74, 6) is 0.791. The molecule has 1 aromatic heterocycles. The van der Waals surface area contributed by atoms with E-state index >= 15 is 0 Å². The molecule has 0 aliphatic carbocycles. The van der Waals surface area contributed by atoms with Gasteiger partial charge in [0.1, 0.15) is 13.2 Å². The molecule has 0 saturated carbocycles. The van der Waals surface area contributed by atoms with E-state index in [0.717, 1.165) is 0 Å². The Labute approximate surface area is 171 Å². The Balaban J connectivity index is 1.59. The van der Waals surface area contributed by atoms with Crippen LogP contribution in [0.25, 0.3) is 16.5 Å². The van der Waals surface area contributed by atoms with Crippen molar-refractivity contribution in [3.05, 3.63) is 88.8 Å². The van der Waals surface area contributed by atoms with Gasteiger partial charge in [0.05, 0.1) is 11.1 Å². The highest BCUT2D eigenvalue weighted by Crippen LogP contribution is 2.32. The van der Waals surface area contributed by atoms with Gasteiger partial charge in [-0.15, -0.1) is 0 Å². The predicted molar refractivity (Wildman–Crippen MR) is 113 cm³/mol. The number of aromatic nitrogens is 2. The van der Waals surface area contributed by atoms with E-state index in [1.165, 1.54) is 4.68 Å². The van der Waals surface area contributed by atoms with Gasteiger partial charge in [-0.1, -0.05) is 36.4 Å². The molecule has 1 N–H and O–H groups in total. The summed E-state index contributed by atoms with van der Waals surface area (Å²) in [5.41, 5.74) is 1.01. The Bertz CT molecular complexity index is 1320. The van der Waals surface area contributed by atoms with Crippen LogP contribution in [0.3, 0.4) is 0 Å². The molecule has 0 bridgehead atoms. The highest BCUT2D eigenvalue weighted by molar-refractivity contribution is 6.11. The minimum atomic E-state index is -0.424. The molecule has 2 heterocycles. The Morgan fingerprint density at radius 3 is 2.37 bits per heavy atom. The number of nitrogens with zero attached hydrogens (tertiary/aromatic N) is 2. The summed E-state index contributed by atoms with van der Waals surface area (Å²) in [6, 6.07) is 21.2. The smallest absolute Gasteiger partial charge is 0.279 e. The largest absolute Gasteiger partial charge is 0.486 e. The number of amides is 1. The zero-order valence-corrected chi connectivity index (χ0v) is 15.9. The summed E-state index contributed by atoms with van der Waals surface area (Å²) in [7, 11) is 0. The first-order valence-electron chi connectivity index (χ1n) is 9.49. The Hall–Kier alpha value is -4.13. The van der Waals surface area contributed by atoms with Crippen LogP contribution in [-0.2, 0) is 0 Å². The molecule has 1 aliphatic heterocycles. The molecule has 1 aliphatic rings. The lowest BCUT2D eigenvalue weighted by molar-refractivity contribution is 0.102. The molecule has 3 aromatic carbocycles. The molecule has 0 radical (unpaired) electrons. The number of fused-ring (bicyclic) bond motifs is 2. The van der Waals surface area contributed by atoms with Crippen molar-refractivity contribution in [2.24, 2.45) is 0 Å². The standard InChI is InChI=1S/C23H17N3O4/c27-22(24-15-10-11-19-20(14-15)30-13-12-29-19)21-17-8-4-5-9-18(17)23(28)26(25-21)16-6-2-1-3-7-16/h1-11,14H,12-13H2,(H,24,27). The summed E-state index contributed by atoms with van der Waals surface area (Å²) < 4.78 is 12.3. The third kappa shape index (κ3) is 3.16. The van der Waals surface area contributed by atoms with Crippen LogP contribution in [0.5, 0.6) is 11.5 Å². The van der Waals surface area contributed by atoms with Crippen LogP contribution in [0.1, 0.15) is 10.5 Å². The maximum Gasteiger partial charge on any atom is 0.279 e. The maximum absolute atomic E-state index is 13.1. The Kier molecular flexibility index (Phi) is 4.40. The zero-order valence-electron chi connectivity index (χ0n) is 15.9. The molecular formula is C23H17N3O4. The van der Waals surface area contributed by atoms with Gasteiger partial charge in [-0.2, -0.15) is 9.78 Å². The molecule has 1 amide bonds. The van der Waals surface area contributed by atoms with Crippen molar-refractivity contribution < 1.29 is 14.3 Å². The molecule has 0 spiro atoms. The number of para-hydroxylation sites is 1. The van der Waals surface area contributed by atoms with Gasteiger partial charge in [-0.25, -0.2) is 0 Å². The summed E-state index contributed by atoms with van der Waals surface area (Å²) in [5, 5.41) is 8.15. The number of ether oxygens (including phenoxy) is 2. The van der Waals surface area contributed by atoms with Crippen molar-refractivity contribution in [2.45, 2.75) is 0 Å². The van der Waals surface area contributed by atoms with Crippen LogP contribution in [0, 0.1) is 0 Å². The quantitative estimate of drug-likeness (QED) is 0.571. The van der Waals surface area contributed by atoms with E-state index in [1.54, 1.807) is 54.6 Å². The number of nitrogens with one attached hydrogen (secondary N) is 1. The second-order valence-electron chi connectivity index (χ2n) is 6.76. The number of carbonyl (C=O) groups is 1. The summed E-state index contributed by atoms with van der Waals surface area (Å²) >= 11 is 0. The fraction of sp³-hybridized carbons (Fsp3) is 0.0870. The van der Waals surface area contributed by atoms with Gasteiger partial charge < -0.3 is 14.8 Å². The van der Waals surface area contributed by atoms with Crippen molar-refractivity contribution in [3.8, 4) is 17.2 Å². The molecule has 0 unspecified atom stereocenters. The molecule has 7 nitrogen and oxygen atoms in total. The monoisotopic (exact) mass is 399 g/mol. The van der Waals surface area contributed by atoms with E-state index in [9.17, 15) is 9.59 Å². The SMILES string of the molecule is O=C(Nc1ccc2c(c1)OCCO2)c1nn(-c2ccccc2)c(=O)c2ccccc12. The van der Waals surface area contributed by atoms with Gasteiger partial charge in [0, 0.05) is 17.1 Å². The fourth-order valence-electron chi connectivity index (χ4n) is 3.41. The molecule has 4 aromatic rings. The molecule has 7 heteroatoms. The van der Waals surface area contributed by atoms with Gasteiger partial charge in [0.2, 0.25) is 0 Å². The second-order valence-corrected chi connectivity index (χ2v) is 6.76. The van der Waals surface area contributed by atoms with E-state index in [4.69, 9.17) is 9.47 Å². The van der Waals surface area contributed by atoms with Gasteiger partial charge in [-0.05, 0) is 30.3 Å². The van der Waals surface area contributed by atoms with E-state index in [0.29, 0.717) is 46.9 Å². The molecule has 30 heavy (non-hydrogen) atoms. The lowest BCUT2D eigenvalue weighted by Crippen LogP contribution is -2.26. The molecule has 5 rings (SSSR count). The van der Waals surface area contributed by atoms with Gasteiger partial charge >= 0.3 is 0 Å². The lowest BCUT2D eigenvalue weighted by atomic mass is 10.1. The van der Waals surface area contributed by atoms with Crippen LogP contribution in [0.4, 0.5) is 5.69 Å². The third-order valence-electron chi connectivity index (χ3n) is 4.82. The van der Waals surface area contributed by atoms with Crippen molar-refractivity contribution in [1.29, 1.82) is 0 Å². The van der Waals surface area contributed by atoms with Crippen molar-refractivity contribution in [1.82, 2.24) is 9.78 Å². The maximum atomic E-state index is 13.1. The number of rotatable bonds is 3. The van der Waals surface area contributed by atoms with Gasteiger partial charge in [0.25, 0.3) is 11.5 Å². The molecule has 0 fully saturated rings. The van der Waals surface area contributed by atoms with Crippen LogP contribution in [0.15, 0.2) is 77.6 Å². The minimum Gasteiger partial charge on any atom is -0.486 e. The summed E-state index contributed by atoms with van der Waals surface area (Å²) in [4.78, 5) is 26.1. The van der Waals surface area contributed by atoms with Crippen molar-refractivity contribution >= 4 is 22.4 Å². The highest BCUT2D eigenvalue weighted by atomic mass is 16.6. The Morgan fingerprint density at radius 2 is 1.57 bits per heavy atom. The average Bonchev–Trinajstić information content (AvgIpc) is 2.80. The average molecular weight is 399 g/mol. The summed E-state index contributed by atoms with van der Waals surface area (Å²) in [6.07, 6.45) is 0. The summed E-state index contributed by atoms with van der Waals surface area (Å²) in [6.45, 7) is 0.953. The molecule has 148 valence electrons.